The van der Waals surface area contributed by atoms with Gasteiger partial charge in [-0.25, -0.2) is 0 Å². The van der Waals surface area contributed by atoms with Crippen LogP contribution >= 0.6 is 0 Å². The number of nitrogens with zero attached hydrogens (tertiary/aromatic N) is 2. The SMILES string of the molecule is COc1cc(OC)c(C=CC(=O)Nc2ccc(OC)c(C(C(=O)O)N3CCN(C)CC3)c2)c(OC)c1. The highest BCUT2D eigenvalue weighted by Crippen LogP contribution is 2.35. The number of carboxylic acids is 1. The lowest BCUT2D eigenvalue weighted by molar-refractivity contribution is -0.144. The normalized spacial score (nSPS) is 15.4. The Morgan fingerprint density at radius 1 is 0.917 bits per heavy atom. The van der Waals surface area contributed by atoms with Gasteiger partial charge in [0, 0.05) is 55.6 Å². The first-order valence-electron chi connectivity index (χ1n) is 11.4. The van der Waals surface area contributed by atoms with E-state index in [9.17, 15) is 14.7 Å². The van der Waals surface area contributed by atoms with Gasteiger partial charge in [-0.3, -0.25) is 14.5 Å². The molecule has 2 aromatic carbocycles. The van der Waals surface area contributed by atoms with Crippen LogP contribution in [0.1, 0.15) is 17.2 Å². The lowest BCUT2D eigenvalue weighted by Crippen LogP contribution is -2.47. The van der Waals surface area contributed by atoms with E-state index in [1.54, 1.807) is 43.5 Å². The van der Waals surface area contributed by atoms with Crippen LogP contribution in [0.25, 0.3) is 6.08 Å². The van der Waals surface area contributed by atoms with E-state index in [0.717, 1.165) is 13.1 Å². The maximum absolute atomic E-state index is 12.7. The minimum Gasteiger partial charge on any atom is -0.496 e. The third kappa shape index (κ3) is 6.27. The van der Waals surface area contributed by atoms with Gasteiger partial charge in [-0.2, -0.15) is 0 Å². The van der Waals surface area contributed by atoms with Crippen LogP contribution in [-0.2, 0) is 9.59 Å². The summed E-state index contributed by atoms with van der Waals surface area (Å²) in [4.78, 5) is 29.1. The van der Waals surface area contributed by atoms with Crippen molar-refractivity contribution in [3.8, 4) is 23.0 Å². The van der Waals surface area contributed by atoms with Gasteiger partial charge in [0.05, 0.1) is 34.0 Å². The van der Waals surface area contributed by atoms with Crippen LogP contribution < -0.4 is 24.3 Å². The number of carbonyl (C=O) groups excluding carboxylic acids is 1. The van der Waals surface area contributed by atoms with E-state index < -0.39 is 17.9 Å². The van der Waals surface area contributed by atoms with Crippen LogP contribution in [0.4, 0.5) is 5.69 Å². The Balaban J connectivity index is 1.85. The number of methoxy groups -OCH3 is 4. The second-order valence-corrected chi connectivity index (χ2v) is 8.30. The number of rotatable bonds is 10. The molecule has 0 aromatic heterocycles. The zero-order valence-corrected chi connectivity index (χ0v) is 21.2. The highest BCUT2D eigenvalue weighted by atomic mass is 16.5. The topological polar surface area (TPSA) is 110 Å². The van der Waals surface area contributed by atoms with E-state index in [4.69, 9.17) is 18.9 Å². The fourth-order valence-corrected chi connectivity index (χ4v) is 4.13. The summed E-state index contributed by atoms with van der Waals surface area (Å²) in [6.45, 7) is 2.76. The quantitative estimate of drug-likeness (QED) is 0.477. The number of anilines is 1. The van der Waals surface area contributed by atoms with Crippen LogP contribution in [0, 0.1) is 0 Å². The number of ether oxygens (including phenoxy) is 4. The molecular weight excluding hydrogens is 466 g/mol. The van der Waals surface area contributed by atoms with Crippen LogP contribution in [-0.4, -0.2) is 88.4 Å². The summed E-state index contributed by atoms with van der Waals surface area (Å²) in [5.74, 6) is 0.598. The van der Waals surface area contributed by atoms with E-state index in [-0.39, 0.29) is 0 Å². The number of nitrogens with one attached hydrogen (secondary N) is 1. The maximum atomic E-state index is 12.7. The molecule has 194 valence electrons. The molecule has 2 aromatic rings. The monoisotopic (exact) mass is 499 g/mol. The van der Waals surface area contributed by atoms with Crippen molar-refractivity contribution in [2.24, 2.45) is 0 Å². The minimum atomic E-state index is -0.972. The van der Waals surface area contributed by atoms with Crippen LogP contribution in [0.3, 0.4) is 0 Å². The van der Waals surface area contributed by atoms with Crippen molar-refractivity contribution < 1.29 is 33.6 Å². The number of likely N-dealkylation sites (N-methyl/N-ethyl adjacent to an activating group) is 1. The van der Waals surface area contributed by atoms with Crippen LogP contribution in [0.15, 0.2) is 36.4 Å². The molecule has 10 nitrogen and oxygen atoms in total. The highest BCUT2D eigenvalue weighted by Gasteiger charge is 2.32. The van der Waals surface area contributed by atoms with Crippen molar-refractivity contribution in [3.63, 3.8) is 0 Å². The van der Waals surface area contributed by atoms with Gasteiger partial charge in [0.15, 0.2) is 0 Å². The number of aliphatic carboxylic acids is 1. The molecule has 10 heteroatoms. The van der Waals surface area contributed by atoms with Crippen molar-refractivity contribution in [3.05, 3.63) is 47.5 Å². The molecule has 1 atom stereocenters. The molecule has 36 heavy (non-hydrogen) atoms. The fraction of sp³-hybridized carbons (Fsp3) is 0.385. The van der Waals surface area contributed by atoms with Crippen molar-refractivity contribution in [1.29, 1.82) is 0 Å². The molecule has 1 saturated heterocycles. The van der Waals surface area contributed by atoms with E-state index >= 15 is 0 Å². The Labute approximate surface area is 211 Å². The summed E-state index contributed by atoms with van der Waals surface area (Å²) in [5, 5.41) is 12.8. The average molecular weight is 500 g/mol. The number of benzene rings is 2. The van der Waals surface area contributed by atoms with Gasteiger partial charge in [-0.05, 0) is 31.3 Å². The van der Waals surface area contributed by atoms with E-state index in [1.165, 1.54) is 27.4 Å². The van der Waals surface area contributed by atoms with Gasteiger partial charge in [-0.15, -0.1) is 0 Å². The molecule has 1 amide bonds. The molecule has 3 rings (SSSR count). The zero-order chi connectivity index (χ0) is 26.2. The van der Waals surface area contributed by atoms with Gasteiger partial charge in [0.25, 0.3) is 0 Å². The summed E-state index contributed by atoms with van der Waals surface area (Å²) >= 11 is 0. The number of carbonyl (C=O) groups is 2. The third-order valence-corrected chi connectivity index (χ3v) is 6.08. The molecule has 1 aliphatic heterocycles. The second-order valence-electron chi connectivity index (χ2n) is 8.30. The first-order chi connectivity index (χ1) is 17.3. The van der Waals surface area contributed by atoms with E-state index in [2.05, 4.69) is 10.2 Å². The number of hydrogen-bond donors (Lipinski definition) is 2. The summed E-state index contributed by atoms with van der Waals surface area (Å²) in [7, 11) is 8.08. The Morgan fingerprint density at radius 3 is 2.06 bits per heavy atom. The molecule has 0 radical (unpaired) electrons. The Morgan fingerprint density at radius 2 is 1.53 bits per heavy atom. The Kier molecular flexibility index (Phi) is 9.15. The lowest BCUT2D eigenvalue weighted by Gasteiger charge is -2.36. The number of piperazine rings is 1. The third-order valence-electron chi connectivity index (χ3n) is 6.08. The van der Waals surface area contributed by atoms with E-state index in [1.807, 2.05) is 11.9 Å². The summed E-state index contributed by atoms with van der Waals surface area (Å²) in [6.07, 6.45) is 2.94. The predicted molar refractivity (Wildman–Crippen MR) is 136 cm³/mol. The molecule has 0 bridgehead atoms. The van der Waals surface area contributed by atoms with Gasteiger partial charge in [0.2, 0.25) is 5.91 Å². The van der Waals surface area contributed by atoms with Crippen molar-refractivity contribution in [1.82, 2.24) is 9.80 Å². The molecule has 1 fully saturated rings. The molecular formula is C26H33N3O7. The summed E-state index contributed by atoms with van der Waals surface area (Å²) in [6, 6.07) is 7.48. The highest BCUT2D eigenvalue weighted by molar-refractivity contribution is 6.02. The Bertz CT molecular complexity index is 1090. The molecule has 0 spiro atoms. The van der Waals surface area contributed by atoms with Crippen molar-refractivity contribution in [2.45, 2.75) is 6.04 Å². The van der Waals surface area contributed by atoms with Crippen LogP contribution in [0.2, 0.25) is 0 Å². The lowest BCUT2D eigenvalue weighted by atomic mass is 10.0. The first-order valence-corrected chi connectivity index (χ1v) is 11.4. The maximum Gasteiger partial charge on any atom is 0.325 e. The number of amides is 1. The molecule has 1 heterocycles. The fourth-order valence-electron chi connectivity index (χ4n) is 4.13. The molecule has 0 saturated carbocycles. The summed E-state index contributed by atoms with van der Waals surface area (Å²) in [5.41, 5.74) is 1.51. The second kappa shape index (κ2) is 12.3. The van der Waals surface area contributed by atoms with E-state index in [0.29, 0.717) is 52.9 Å². The Hall–Kier alpha value is -3.76. The minimum absolute atomic E-state index is 0.405. The molecule has 2 N–H and O–H groups in total. The number of carboxylic acid groups (broad SMARTS) is 1. The number of hydrogen-bond acceptors (Lipinski definition) is 8. The average Bonchev–Trinajstić information content (AvgIpc) is 2.88. The smallest absolute Gasteiger partial charge is 0.325 e. The van der Waals surface area contributed by atoms with Gasteiger partial charge in [0.1, 0.15) is 29.0 Å². The first kappa shape index (κ1) is 26.8. The predicted octanol–water partition coefficient (Wildman–Crippen LogP) is 2.75. The zero-order valence-electron chi connectivity index (χ0n) is 21.2. The summed E-state index contributed by atoms with van der Waals surface area (Å²) < 4.78 is 21.5. The molecule has 1 unspecified atom stereocenters. The molecule has 1 aliphatic rings. The largest absolute Gasteiger partial charge is 0.496 e. The van der Waals surface area contributed by atoms with Gasteiger partial charge in [-0.1, -0.05) is 0 Å². The van der Waals surface area contributed by atoms with Crippen molar-refractivity contribution >= 4 is 23.6 Å². The van der Waals surface area contributed by atoms with Gasteiger partial charge < -0.3 is 34.3 Å². The van der Waals surface area contributed by atoms with Crippen LogP contribution in [0.5, 0.6) is 23.0 Å². The molecule has 0 aliphatic carbocycles. The standard InChI is InChI=1S/C26H33N3O7/c1-28-10-12-29(13-11-28)25(26(31)32)20-14-17(6-8-21(20)34-3)27-24(30)9-7-19-22(35-4)15-18(33-2)16-23(19)36-5/h6-9,14-16,25H,10-13H2,1-5H3,(H,27,30)(H,31,32). The van der Waals surface area contributed by atoms with Crippen molar-refractivity contribution in [2.75, 3.05) is 67.0 Å². The van der Waals surface area contributed by atoms with Gasteiger partial charge >= 0.3 is 5.97 Å².